The lowest BCUT2D eigenvalue weighted by Crippen LogP contribution is -2.44. The van der Waals surface area contributed by atoms with Crippen molar-refractivity contribution in [2.75, 3.05) is 18.0 Å². The van der Waals surface area contributed by atoms with E-state index in [0.29, 0.717) is 38.2 Å². The van der Waals surface area contributed by atoms with Gasteiger partial charge in [0.1, 0.15) is 5.82 Å². The van der Waals surface area contributed by atoms with E-state index >= 15 is 0 Å². The van der Waals surface area contributed by atoms with E-state index in [1.165, 1.54) is 0 Å². The van der Waals surface area contributed by atoms with E-state index in [0.717, 1.165) is 17.8 Å². The van der Waals surface area contributed by atoms with Crippen LogP contribution in [0.2, 0.25) is 5.02 Å². The summed E-state index contributed by atoms with van der Waals surface area (Å²) in [6.07, 6.45) is 1.88. The summed E-state index contributed by atoms with van der Waals surface area (Å²) in [6.45, 7) is 2.96. The molecule has 10 heteroatoms. The molecule has 158 valence electrons. The third-order valence-corrected chi connectivity index (χ3v) is 5.28. The summed E-state index contributed by atoms with van der Waals surface area (Å²) in [5, 5.41) is 7.12. The number of amides is 1. The average Bonchev–Trinajstić information content (AvgIpc) is 3.05. The van der Waals surface area contributed by atoms with Gasteiger partial charge in [0.25, 0.3) is 0 Å². The molecule has 1 unspecified atom stereocenters. The Morgan fingerprint density at radius 1 is 1.34 bits per heavy atom. The van der Waals surface area contributed by atoms with Crippen LogP contribution in [0.1, 0.15) is 30.9 Å². The summed E-state index contributed by atoms with van der Waals surface area (Å²) in [5.41, 5.74) is 0.182. The minimum atomic E-state index is -4.48. The minimum absolute atomic E-state index is 0.00693. The maximum absolute atomic E-state index is 12.8. The number of nitrogens with zero attached hydrogens (tertiary/aromatic N) is 4. The molecule has 2 aromatic rings. The molecule has 1 N–H and O–H groups in total. The highest BCUT2D eigenvalue weighted by Crippen LogP contribution is 2.34. The first-order chi connectivity index (χ1) is 13.6. The van der Waals surface area contributed by atoms with E-state index in [9.17, 15) is 18.0 Å². The number of alkyl halides is 3. The van der Waals surface area contributed by atoms with Crippen LogP contribution in [0.4, 0.5) is 19.0 Å². The van der Waals surface area contributed by atoms with Crippen molar-refractivity contribution in [3.63, 3.8) is 0 Å². The number of carbonyl (C=O) groups is 1. The van der Waals surface area contributed by atoms with Crippen molar-refractivity contribution in [2.24, 2.45) is 13.0 Å². The van der Waals surface area contributed by atoms with Gasteiger partial charge in [0, 0.05) is 44.5 Å². The van der Waals surface area contributed by atoms with Gasteiger partial charge in [-0.2, -0.15) is 18.3 Å². The Kier molecular flexibility index (Phi) is 6.36. The highest BCUT2D eigenvalue weighted by molar-refractivity contribution is 6.33. The minimum Gasteiger partial charge on any atom is -0.355 e. The lowest BCUT2D eigenvalue weighted by atomic mass is 9.95. The van der Waals surface area contributed by atoms with Crippen molar-refractivity contribution in [2.45, 2.75) is 38.4 Å². The molecule has 0 radical (unpaired) electrons. The lowest BCUT2D eigenvalue weighted by Gasteiger charge is -2.33. The largest absolute Gasteiger partial charge is 0.417 e. The third kappa shape index (κ3) is 5.41. The van der Waals surface area contributed by atoms with Crippen molar-refractivity contribution < 1.29 is 18.0 Å². The van der Waals surface area contributed by atoms with Crippen molar-refractivity contribution in [1.29, 1.82) is 0 Å². The van der Waals surface area contributed by atoms with E-state index in [1.807, 2.05) is 25.1 Å². The van der Waals surface area contributed by atoms with Crippen LogP contribution in [0, 0.1) is 5.92 Å². The van der Waals surface area contributed by atoms with Gasteiger partial charge >= 0.3 is 6.18 Å². The average molecular weight is 430 g/mol. The maximum Gasteiger partial charge on any atom is 0.417 e. The number of rotatable bonds is 5. The van der Waals surface area contributed by atoms with Gasteiger partial charge in [-0.25, -0.2) is 4.98 Å². The molecule has 0 saturated carbocycles. The molecule has 0 bridgehead atoms. The summed E-state index contributed by atoms with van der Waals surface area (Å²) in [6, 6.07) is 0.874. The van der Waals surface area contributed by atoms with Gasteiger partial charge in [0.2, 0.25) is 5.91 Å². The summed E-state index contributed by atoms with van der Waals surface area (Å²) >= 11 is 6.03. The van der Waals surface area contributed by atoms with Gasteiger partial charge in [-0.3, -0.25) is 9.48 Å². The van der Waals surface area contributed by atoms with Crippen LogP contribution in [0.25, 0.3) is 0 Å². The molecule has 1 aliphatic rings. The first-order valence-corrected chi connectivity index (χ1v) is 9.77. The molecule has 6 nitrogen and oxygen atoms in total. The van der Waals surface area contributed by atoms with Crippen molar-refractivity contribution in [3.05, 3.63) is 40.8 Å². The van der Waals surface area contributed by atoms with Crippen LogP contribution in [-0.4, -0.2) is 39.8 Å². The maximum atomic E-state index is 12.8. The van der Waals surface area contributed by atoms with Gasteiger partial charge in [-0.15, -0.1) is 0 Å². The molecule has 2 aromatic heterocycles. The van der Waals surface area contributed by atoms with E-state index in [1.54, 1.807) is 10.9 Å². The number of pyridine rings is 1. The Labute approximate surface area is 172 Å². The second kappa shape index (κ2) is 8.61. The molecular weight excluding hydrogens is 407 g/mol. The standard InChI is InChI=1S/C19H23ClF3N5O/c1-12(7-13-9-25-27(2)11-13)26-18(29)14-3-5-28(6-4-14)17-16(20)8-15(10-24-17)19(21,22)23/h8-12,14H,3-7H2,1-2H3,(H,26,29). The Bertz CT molecular complexity index is 862. The van der Waals surface area contributed by atoms with Crippen LogP contribution in [0.3, 0.4) is 0 Å². The van der Waals surface area contributed by atoms with Gasteiger partial charge in [-0.1, -0.05) is 11.6 Å². The topological polar surface area (TPSA) is 63.1 Å². The molecule has 1 saturated heterocycles. The van der Waals surface area contributed by atoms with Crippen LogP contribution in [-0.2, 0) is 24.4 Å². The Balaban J connectivity index is 1.52. The molecule has 0 spiro atoms. The van der Waals surface area contributed by atoms with Gasteiger partial charge in [0.15, 0.2) is 0 Å². The predicted octanol–water partition coefficient (Wildman–Crippen LogP) is 3.45. The monoisotopic (exact) mass is 429 g/mol. The van der Waals surface area contributed by atoms with Crippen molar-refractivity contribution in [1.82, 2.24) is 20.1 Å². The molecule has 0 aromatic carbocycles. The van der Waals surface area contributed by atoms with Crippen molar-refractivity contribution >= 4 is 23.3 Å². The van der Waals surface area contributed by atoms with E-state index < -0.39 is 11.7 Å². The normalized spacial score (nSPS) is 16.7. The second-order valence-electron chi connectivity index (χ2n) is 7.42. The first-order valence-electron chi connectivity index (χ1n) is 9.39. The number of hydrogen-bond donors (Lipinski definition) is 1. The fourth-order valence-electron chi connectivity index (χ4n) is 3.51. The number of carbonyl (C=O) groups excluding carboxylic acids is 1. The predicted molar refractivity (Wildman–Crippen MR) is 104 cm³/mol. The van der Waals surface area contributed by atoms with E-state index in [-0.39, 0.29) is 22.9 Å². The molecular formula is C19H23ClF3N5O. The molecule has 1 amide bonds. The van der Waals surface area contributed by atoms with Gasteiger partial charge in [-0.05, 0) is 37.8 Å². The molecule has 3 heterocycles. The number of nitrogens with one attached hydrogen (secondary N) is 1. The number of aryl methyl sites for hydroxylation is 1. The Morgan fingerprint density at radius 3 is 2.59 bits per heavy atom. The zero-order valence-electron chi connectivity index (χ0n) is 16.2. The van der Waals surface area contributed by atoms with E-state index in [2.05, 4.69) is 15.4 Å². The van der Waals surface area contributed by atoms with Crippen LogP contribution in [0.15, 0.2) is 24.7 Å². The molecule has 1 aliphatic heterocycles. The fraction of sp³-hybridized carbons (Fsp3) is 0.526. The van der Waals surface area contributed by atoms with Gasteiger partial charge in [0.05, 0.1) is 16.8 Å². The summed E-state index contributed by atoms with van der Waals surface area (Å²) in [5.74, 6) is 0.173. The fourth-order valence-corrected chi connectivity index (χ4v) is 3.80. The number of hydrogen-bond acceptors (Lipinski definition) is 4. The zero-order chi connectivity index (χ0) is 21.2. The second-order valence-corrected chi connectivity index (χ2v) is 7.83. The van der Waals surface area contributed by atoms with Crippen LogP contribution >= 0.6 is 11.6 Å². The zero-order valence-corrected chi connectivity index (χ0v) is 17.0. The number of anilines is 1. The number of aromatic nitrogens is 3. The third-order valence-electron chi connectivity index (χ3n) is 5.00. The summed E-state index contributed by atoms with van der Waals surface area (Å²) in [7, 11) is 1.85. The Hall–Kier alpha value is -2.29. The first kappa shape index (κ1) is 21.4. The van der Waals surface area contributed by atoms with E-state index in [4.69, 9.17) is 11.6 Å². The highest BCUT2D eigenvalue weighted by atomic mass is 35.5. The van der Waals surface area contributed by atoms with Crippen molar-refractivity contribution in [3.8, 4) is 0 Å². The SMILES string of the molecule is CC(Cc1cnn(C)c1)NC(=O)C1CCN(c2ncc(C(F)(F)F)cc2Cl)CC1. The lowest BCUT2D eigenvalue weighted by molar-refractivity contribution is -0.137. The Morgan fingerprint density at radius 2 is 2.03 bits per heavy atom. The van der Waals surface area contributed by atoms with Crippen LogP contribution < -0.4 is 10.2 Å². The molecule has 1 atom stereocenters. The number of halogens is 4. The number of piperidine rings is 1. The highest BCUT2D eigenvalue weighted by Gasteiger charge is 2.33. The summed E-state index contributed by atoms with van der Waals surface area (Å²) in [4.78, 5) is 18.3. The molecule has 29 heavy (non-hydrogen) atoms. The van der Waals surface area contributed by atoms with Crippen LogP contribution in [0.5, 0.6) is 0 Å². The molecule has 3 rings (SSSR count). The summed E-state index contributed by atoms with van der Waals surface area (Å²) < 4.78 is 40.0. The molecule has 1 fully saturated rings. The quantitative estimate of drug-likeness (QED) is 0.790. The smallest absolute Gasteiger partial charge is 0.355 e. The molecule has 0 aliphatic carbocycles. The van der Waals surface area contributed by atoms with Gasteiger partial charge < -0.3 is 10.2 Å².